The summed E-state index contributed by atoms with van der Waals surface area (Å²) in [5, 5.41) is 15.4. The molecule has 13 heavy (non-hydrogen) atoms. The van der Waals surface area contributed by atoms with Crippen molar-refractivity contribution in [3.05, 3.63) is 23.0 Å². The number of hydrogen-bond donors (Lipinski definition) is 2. The Balaban J connectivity index is 2.76. The lowest BCUT2D eigenvalue weighted by atomic mass is 9.95. The van der Waals surface area contributed by atoms with Gasteiger partial charge in [-0.05, 0) is 6.92 Å². The van der Waals surface area contributed by atoms with Gasteiger partial charge in [0.25, 0.3) is 5.78 Å². The van der Waals surface area contributed by atoms with Crippen LogP contribution in [0.5, 0.6) is 0 Å². The van der Waals surface area contributed by atoms with Crippen LogP contribution in [-0.4, -0.2) is 26.9 Å². The molecule has 0 amide bonds. The third-order valence-electron chi connectivity index (χ3n) is 2.02. The molecule has 2 rings (SSSR count). The van der Waals surface area contributed by atoms with Crippen LogP contribution < -0.4 is 0 Å². The van der Waals surface area contributed by atoms with Crippen LogP contribution in [-0.2, 0) is 4.79 Å². The molecule has 1 aromatic rings. The van der Waals surface area contributed by atoms with Gasteiger partial charge < -0.3 is 5.11 Å². The molecule has 0 saturated carbocycles. The molecule has 5 nitrogen and oxygen atoms in total. The van der Waals surface area contributed by atoms with Crippen LogP contribution in [0.2, 0.25) is 0 Å². The van der Waals surface area contributed by atoms with Gasteiger partial charge >= 0.3 is 0 Å². The zero-order chi connectivity index (χ0) is 9.59. The van der Waals surface area contributed by atoms with E-state index in [1.807, 2.05) is 0 Å². The van der Waals surface area contributed by atoms with E-state index in [0.717, 1.165) is 0 Å². The molecule has 2 N–H and O–H groups in total. The lowest BCUT2D eigenvalue weighted by Gasteiger charge is -2.09. The molecule has 1 heterocycles. The van der Waals surface area contributed by atoms with E-state index in [2.05, 4.69) is 10.2 Å². The quantitative estimate of drug-likeness (QED) is 0.565. The molecule has 1 aliphatic rings. The number of H-pyrrole nitrogens is 1. The average molecular weight is 178 g/mol. The van der Waals surface area contributed by atoms with Crippen molar-refractivity contribution in [1.82, 2.24) is 10.2 Å². The summed E-state index contributed by atoms with van der Waals surface area (Å²) < 4.78 is 0. The second-order valence-electron chi connectivity index (χ2n) is 2.79. The zero-order valence-corrected chi connectivity index (χ0v) is 6.79. The number of fused-ring (bicyclic) bond motifs is 1. The van der Waals surface area contributed by atoms with Crippen LogP contribution in [0.25, 0.3) is 5.76 Å². The molecule has 0 unspecified atom stereocenters. The predicted octanol–water partition coefficient (Wildman–Crippen LogP) is 0.464. The van der Waals surface area contributed by atoms with E-state index in [1.165, 1.54) is 13.1 Å². The highest BCUT2D eigenvalue weighted by Gasteiger charge is 2.31. The molecule has 1 aliphatic carbocycles. The molecular formula is C8H6N2O3. The molecule has 1 aromatic heterocycles. The average Bonchev–Trinajstić information content (AvgIpc) is 2.59. The van der Waals surface area contributed by atoms with Crippen LogP contribution in [0.3, 0.4) is 0 Å². The number of aromatic amines is 1. The topological polar surface area (TPSA) is 83.1 Å². The van der Waals surface area contributed by atoms with Crippen LogP contribution in [0, 0.1) is 0 Å². The first kappa shape index (κ1) is 7.72. The molecule has 0 radical (unpaired) electrons. The van der Waals surface area contributed by atoms with Crippen LogP contribution in [0.15, 0.2) is 11.8 Å². The minimum Gasteiger partial charge on any atom is -0.507 e. The van der Waals surface area contributed by atoms with E-state index in [0.29, 0.717) is 5.56 Å². The fraction of sp³-hybridized carbons (Fsp3) is 0.125. The van der Waals surface area contributed by atoms with E-state index in [9.17, 15) is 14.7 Å². The van der Waals surface area contributed by atoms with Crippen LogP contribution in [0.1, 0.15) is 23.0 Å². The number of aliphatic hydroxyl groups is 1. The summed E-state index contributed by atoms with van der Waals surface area (Å²) in [6.45, 7) is 1.41. The maximum Gasteiger partial charge on any atom is 0.251 e. The van der Waals surface area contributed by atoms with E-state index >= 15 is 0 Å². The van der Waals surface area contributed by atoms with E-state index in [-0.39, 0.29) is 17.0 Å². The van der Waals surface area contributed by atoms with Gasteiger partial charge in [-0.15, -0.1) is 0 Å². The summed E-state index contributed by atoms with van der Waals surface area (Å²) in [4.78, 5) is 22.4. The number of aliphatic hydroxyl groups excluding tert-OH is 1. The van der Waals surface area contributed by atoms with Gasteiger partial charge in [-0.25, -0.2) is 0 Å². The Labute approximate surface area is 73.1 Å². The Morgan fingerprint density at radius 1 is 1.38 bits per heavy atom. The number of carbonyl (C=O) groups excluding carboxylic acids is 2. The Morgan fingerprint density at radius 2 is 2.08 bits per heavy atom. The van der Waals surface area contributed by atoms with Crippen molar-refractivity contribution in [3.8, 4) is 0 Å². The van der Waals surface area contributed by atoms with Crippen molar-refractivity contribution in [2.75, 3.05) is 0 Å². The summed E-state index contributed by atoms with van der Waals surface area (Å²) in [6, 6.07) is 0. The molecule has 5 heteroatoms. The SMILES string of the molecule is CC1=C(O)c2cn[nH]c2C(=O)C1=O. The first-order valence-electron chi connectivity index (χ1n) is 3.65. The fourth-order valence-electron chi connectivity index (χ4n) is 1.23. The van der Waals surface area contributed by atoms with Gasteiger partial charge in [0.1, 0.15) is 11.5 Å². The highest BCUT2D eigenvalue weighted by Crippen LogP contribution is 2.25. The molecule has 0 aromatic carbocycles. The Bertz CT molecular complexity index is 442. The van der Waals surface area contributed by atoms with Crippen molar-refractivity contribution in [1.29, 1.82) is 0 Å². The predicted molar refractivity (Wildman–Crippen MR) is 43.1 cm³/mol. The number of carbonyl (C=O) groups is 2. The maximum absolute atomic E-state index is 11.3. The minimum absolute atomic E-state index is 0.0631. The van der Waals surface area contributed by atoms with Gasteiger partial charge in [0.05, 0.1) is 11.8 Å². The summed E-state index contributed by atoms with van der Waals surface area (Å²) >= 11 is 0. The van der Waals surface area contributed by atoms with Gasteiger partial charge in [0.15, 0.2) is 0 Å². The van der Waals surface area contributed by atoms with E-state index in [4.69, 9.17) is 0 Å². The number of nitrogens with one attached hydrogen (secondary N) is 1. The van der Waals surface area contributed by atoms with Gasteiger partial charge in [-0.2, -0.15) is 5.10 Å². The summed E-state index contributed by atoms with van der Waals surface area (Å²) in [5.74, 6) is -1.51. The lowest BCUT2D eigenvalue weighted by Crippen LogP contribution is -2.22. The monoisotopic (exact) mass is 178 g/mol. The standard InChI is InChI=1S/C8H6N2O3/c1-3-6(11)4-2-9-10-5(4)8(13)7(3)12/h2,11H,1H3,(H,9,10). The first-order chi connectivity index (χ1) is 6.13. The van der Waals surface area contributed by atoms with E-state index < -0.39 is 11.6 Å². The molecule has 0 fully saturated rings. The largest absolute Gasteiger partial charge is 0.507 e. The molecule has 0 bridgehead atoms. The third kappa shape index (κ3) is 0.837. The van der Waals surface area contributed by atoms with Crippen molar-refractivity contribution in [3.63, 3.8) is 0 Å². The first-order valence-corrected chi connectivity index (χ1v) is 3.65. The molecule has 0 aliphatic heterocycles. The number of allylic oxidation sites excluding steroid dienone is 1. The Hall–Kier alpha value is -1.91. The number of rotatable bonds is 0. The molecule has 0 saturated heterocycles. The Kier molecular flexibility index (Phi) is 1.36. The normalized spacial score (nSPS) is 16.4. The second kappa shape index (κ2) is 2.29. The van der Waals surface area contributed by atoms with Crippen molar-refractivity contribution in [2.45, 2.75) is 6.92 Å². The fourth-order valence-corrected chi connectivity index (χ4v) is 1.23. The minimum atomic E-state index is -0.686. The summed E-state index contributed by atoms with van der Waals surface area (Å²) in [7, 11) is 0. The van der Waals surface area contributed by atoms with Gasteiger partial charge in [-0.1, -0.05) is 0 Å². The van der Waals surface area contributed by atoms with Crippen molar-refractivity contribution in [2.24, 2.45) is 0 Å². The molecular weight excluding hydrogens is 172 g/mol. The van der Waals surface area contributed by atoms with Gasteiger partial charge in [0, 0.05) is 5.57 Å². The number of nitrogens with zero attached hydrogens (tertiary/aromatic N) is 1. The second-order valence-corrected chi connectivity index (χ2v) is 2.79. The summed E-state index contributed by atoms with van der Waals surface area (Å²) in [5.41, 5.74) is 0.425. The number of hydrogen-bond acceptors (Lipinski definition) is 4. The Morgan fingerprint density at radius 3 is 2.77 bits per heavy atom. The molecule has 0 atom stereocenters. The van der Waals surface area contributed by atoms with Gasteiger partial charge in [0.2, 0.25) is 5.78 Å². The summed E-state index contributed by atoms with van der Waals surface area (Å²) in [6.07, 6.45) is 1.32. The molecule has 0 spiro atoms. The maximum atomic E-state index is 11.3. The van der Waals surface area contributed by atoms with Crippen LogP contribution >= 0.6 is 0 Å². The highest BCUT2D eigenvalue weighted by atomic mass is 16.3. The lowest BCUT2D eigenvalue weighted by molar-refractivity contribution is -0.111. The van der Waals surface area contributed by atoms with Crippen molar-refractivity contribution >= 4 is 17.3 Å². The number of Topliss-reactive ketones (excluding diaryl/α,β-unsaturated/α-hetero) is 2. The van der Waals surface area contributed by atoms with Gasteiger partial charge in [-0.3, -0.25) is 14.7 Å². The molecule has 66 valence electrons. The van der Waals surface area contributed by atoms with E-state index in [1.54, 1.807) is 0 Å². The smallest absolute Gasteiger partial charge is 0.251 e. The third-order valence-corrected chi connectivity index (χ3v) is 2.02. The van der Waals surface area contributed by atoms with Crippen LogP contribution in [0.4, 0.5) is 0 Å². The highest BCUT2D eigenvalue weighted by molar-refractivity contribution is 6.51. The van der Waals surface area contributed by atoms with Crippen molar-refractivity contribution < 1.29 is 14.7 Å². The number of aromatic nitrogens is 2. The zero-order valence-electron chi connectivity index (χ0n) is 6.79. The number of ketones is 2.